The Hall–Kier alpha value is -1.32. The average Bonchev–Trinajstić information content (AvgIpc) is 2.05. The smallest absolute Gasteiger partial charge is 0.416 e. The summed E-state index contributed by atoms with van der Waals surface area (Å²) in [6.45, 7) is 2.06. The van der Waals surface area contributed by atoms with E-state index in [1.54, 1.807) is 19.1 Å². The van der Waals surface area contributed by atoms with Crippen molar-refractivity contribution in [3.8, 4) is 0 Å². The summed E-state index contributed by atoms with van der Waals surface area (Å²) in [5.74, 6) is 0. The molecule has 4 heteroatoms. The third-order valence-corrected chi connectivity index (χ3v) is 1.07. The molecule has 2 amide bonds. The molecule has 0 saturated heterocycles. The van der Waals surface area contributed by atoms with Gasteiger partial charge in [0, 0.05) is 6.54 Å². The van der Waals surface area contributed by atoms with E-state index in [-0.39, 0.29) is 6.54 Å². The van der Waals surface area contributed by atoms with Gasteiger partial charge in [0.25, 0.3) is 0 Å². The predicted octanol–water partition coefficient (Wildman–Crippen LogP) is 0.787. The molecular weight excluding hydrogens is 146 g/mol. The maximum atomic E-state index is 10.7. The van der Waals surface area contributed by atoms with Crippen molar-refractivity contribution in [1.82, 2.24) is 4.90 Å². The lowest BCUT2D eigenvalue weighted by Crippen LogP contribution is -2.29. The van der Waals surface area contributed by atoms with Crippen molar-refractivity contribution < 1.29 is 14.3 Å². The van der Waals surface area contributed by atoms with Gasteiger partial charge in [0.05, 0.1) is 7.11 Å². The molecule has 0 aliphatic rings. The number of methoxy groups -OCH3 is 1. The largest absolute Gasteiger partial charge is 0.452 e. The summed E-state index contributed by atoms with van der Waals surface area (Å²) in [4.78, 5) is 21.8. The highest BCUT2D eigenvalue weighted by atomic mass is 16.5. The fourth-order valence-corrected chi connectivity index (χ4v) is 0.497. The van der Waals surface area contributed by atoms with Crippen molar-refractivity contribution in [2.24, 2.45) is 0 Å². The molecule has 11 heavy (non-hydrogen) atoms. The molecule has 0 rings (SSSR count). The minimum atomic E-state index is -0.641. The predicted molar refractivity (Wildman–Crippen MR) is 40.0 cm³/mol. The Bertz CT molecular complexity index is 165. The molecule has 0 atom stereocenters. The summed E-state index contributed by atoms with van der Waals surface area (Å²) < 4.78 is 4.32. The van der Waals surface area contributed by atoms with E-state index >= 15 is 0 Å². The second-order valence-corrected chi connectivity index (χ2v) is 1.80. The van der Waals surface area contributed by atoms with Crippen LogP contribution < -0.4 is 0 Å². The van der Waals surface area contributed by atoms with Crippen LogP contribution in [0.3, 0.4) is 0 Å². The Morgan fingerprint density at radius 2 is 2.27 bits per heavy atom. The molecule has 0 fully saturated rings. The molecule has 0 aromatic heterocycles. The summed E-state index contributed by atoms with van der Waals surface area (Å²) in [5, 5.41) is 0. The van der Waals surface area contributed by atoms with Crippen molar-refractivity contribution >= 4 is 12.5 Å². The van der Waals surface area contributed by atoms with E-state index in [1.165, 1.54) is 7.11 Å². The van der Waals surface area contributed by atoms with Crippen molar-refractivity contribution in [2.75, 3.05) is 13.7 Å². The Labute approximate surface area is 65.4 Å². The maximum Gasteiger partial charge on any atom is 0.416 e. The standard InChI is InChI=1S/C7H11NO3/c1-3-4-5-8(6-9)7(10)11-2/h3-4,6H,5H2,1-2H3/b4-3+. The maximum absolute atomic E-state index is 10.7. The molecule has 62 valence electrons. The summed E-state index contributed by atoms with van der Waals surface area (Å²) in [7, 11) is 1.23. The van der Waals surface area contributed by atoms with E-state index in [2.05, 4.69) is 4.74 Å². The number of hydrogen-bond acceptors (Lipinski definition) is 3. The zero-order valence-corrected chi connectivity index (χ0v) is 6.61. The Kier molecular flexibility index (Phi) is 4.81. The molecule has 0 spiro atoms. The third kappa shape index (κ3) is 3.40. The molecule has 0 heterocycles. The fourth-order valence-electron chi connectivity index (χ4n) is 0.497. The number of rotatable bonds is 3. The van der Waals surface area contributed by atoms with Crippen molar-refractivity contribution in [3.05, 3.63) is 12.2 Å². The average molecular weight is 157 g/mol. The lowest BCUT2D eigenvalue weighted by molar-refractivity contribution is -0.116. The zero-order chi connectivity index (χ0) is 8.69. The van der Waals surface area contributed by atoms with Gasteiger partial charge in [0.2, 0.25) is 6.41 Å². The van der Waals surface area contributed by atoms with Crippen LogP contribution >= 0.6 is 0 Å². The van der Waals surface area contributed by atoms with E-state index in [4.69, 9.17) is 0 Å². The summed E-state index contributed by atoms with van der Waals surface area (Å²) in [5.41, 5.74) is 0. The van der Waals surface area contributed by atoms with Gasteiger partial charge in [-0.25, -0.2) is 9.69 Å². The van der Waals surface area contributed by atoms with E-state index in [0.717, 1.165) is 4.90 Å². The number of allylic oxidation sites excluding steroid dienone is 1. The van der Waals surface area contributed by atoms with E-state index in [0.29, 0.717) is 6.41 Å². The second kappa shape index (κ2) is 5.46. The molecule has 0 aromatic carbocycles. The van der Waals surface area contributed by atoms with Crippen LogP contribution in [0.2, 0.25) is 0 Å². The van der Waals surface area contributed by atoms with E-state index in [9.17, 15) is 9.59 Å². The number of carbonyl (C=O) groups is 2. The Morgan fingerprint density at radius 3 is 2.64 bits per heavy atom. The number of ether oxygens (including phenoxy) is 1. The van der Waals surface area contributed by atoms with E-state index in [1.807, 2.05) is 0 Å². The molecule has 0 aliphatic carbocycles. The molecule has 0 saturated carbocycles. The highest BCUT2D eigenvalue weighted by Crippen LogP contribution is 1.88. The number of hydrogen-bond donors (Lipinski definition) is 0. The molecule has 0 aliphatic heterocycles. The van der Waals surface area contributed by atoms with E-state index < -0.39 is 6.09 Å². The van der Waals surface area contributed by atoms with Crippen LogP contribution in [-0.2, 0) is 9.53 Å². The monoisotopic (exact) mass is 157 g/mol. The molecule has 0 N–H and O–H groups in total. The van der Waals surface area contributed by atoms with Gasteiger partial charge in [-0.15, -0.1) is 0 Å². The highest BCUT2D eigenvalue weighted by molar-refractivity contribution is 5.80. The van der Waals surface area contributed by atoms with Crippen molar-refractivity contribution in [1.29, 1.82) is 0 Å². The van der Waals surface area contributed by atoms with Gasteiger partial charge in [0.1, 0.15) is 0 Å². The molecule has 0 aromatic rings. The first kappa shape index (κ1) is 9.68. The van der Waals surface area contributed by atoms with Crippen LogP contribution in [0, 0.1) is 0 Å². The first-order valence-corrected chi connectivity index (χ1v) is 3.17. The number of nitrogens with zero attached hydrogens (tertiary/aromatic N) is 1. The van der Waals surface area contributed by atoms with Crippen LogP contribution in [0.5, 0.6) is 0 Å². The molecule has 0 unspecified atom stereocenters. The van der Waals surface area contributed by atoms with Crippen LogP contribution in [-0.4, -0.2) is 31.1 Å². The minimum absolute atomic E-state index is 0.257. The highest BCUT2D eigenvalue weighted by Gasteiger charge is 2.08. The van der Waals surface area contributed by atoms with Crippen molar-refractivity contribution in [3.63, 3.8) is 0 Å². The molecule has 0 bridgehead atoms. The summed E-state index contributed by atoms with van der Waals surface area (Å²) in [6.07, 6.45) is 3.23. The molecule has 4 nitrogen and oxygen atoms in total. The zero-order valence-electron chi connectivity index (χ0n) is 6.61. The first-order chi connectivity index (χ1) is 5.26. The molecule has 0 radical (unpaired) electrons. The van der Waals surface area contributed by atoms with Crippen molar-refractivity contribution in [2.45, 2.75) is 6.92 Å². The lowest BCUT2D eigenvalue weighted by Gasteiger charge is -2.09. The molecular formula is C7H11NO3. The van der Waals surface area contributed by atoms with Gasteiger partial charge >= 0.3 is 6.09 Å². The van der Waals surface area contributed by atoms with Crippen LogP contribution in [0.15, 0.2) is 12.2 Å². The quantitative estimate of drug-likeness (QED) is 0.449. The van der Waals surface area contributed by atoms with Gasteiger partial charge < -0.3 is 4.74 Å². The second-order valence-electron chi connectivity index (χ2n) is 1.80. The lowest BCUT2D eigenvalue weighted by atomic mass is 10.5. The normalized spacial score (nSPS) is 9.64. The van der Waals surface area contributed by atoms with Gasteiger partial charge in [-0.1, -0.05) is 12.2 Å². The number of carbonyl (C=O) groups excluding carboxylic acids is 2. The SMILES string of the molecule is C/C=C/CN(C=O)C(=O)OC. The van der Waals surface area contributed by atoms with Gasteiger partial charge in [-0.2, -0.15) is 0 Å². The first-order valence-electron chi connectivity index (χ1n) is 3.17. The Morgan fingerprint density at radius 1 is 1.64 bits per heavy atom. The number of imide groups is 1. The van der Waals surface area contributed by atoms with Crippen LogP contribution in [0.25, 0.3) is 0 Å². The minimum Gasteiger partial charge on any atom is -0.452 e. The van der Waals surface area contributed by atoms with Crippen LogP contribution in [0.1, 0.15) is 6.92 Å². The summed E-state index contributed by atoms with van der Waals surface area (Å²) in [6, 6.07) is 0. The van der Waals surface area contributed by atoms with Gasteiger partial charge in [0.15, 0.2) is 0 Å². The third-order valence-electron chi connectivity index (χ3n) is 1.07. The van der Waals surface area contributed by atoms with Gasteiger partial charge in [-0.05, 0) is 6.92 Å². The van der Waals surface area contributed by atoms with Gasteiger partial charge in [-0.3, -0.25) is 4.79 Å². The Balaban J connectivity index is 3.94. The topological polar surface area (TPSA) is 46.6 Å². The summed E-state index contributed by atoms with van der Waals surface area (Å²) >= 11 is 0. The van der Waals surface area contributed by atoms with Crippen LogP contribution in [0.4, 0.5) is 4.79 Å². The number of amides is 2. The fraction of sp³-hybridized carbons (Fsp3) is 0.429.